The molecule has 2 aromatic carbocycles. The number of nitrogens with zero attached hydrogens (tertiary/aromatic N) is 3. The first kappa shape index (κ1) is 17.4. The van der Waals surface area contributed by atoms with Crippen LogP contribution in [0.5, 0.6) is 0 Å². The van der Waals surface area contributed by atoms with Crippen molar-refractivity contribution < 1.29 is 0 Å². The van der Waals surface area contributed by atoms with Gasteiger partial charge in [-0.15, -0.1) is 0 Å². The molecule has 130 valence electrons. The van der Waals surface area contributed by atoms with Crippen LogP contribution in [0.4, 0.5) is 23.1 Å². The van der Waals surface area contributed by atoms with Crippen LogP contribution in [0, 0.1) is 18.3 Å². The lowest BCUT2D eigenvalue weighted by atomic mass is 10.0. The second kappa shape index (κ2) is 7.66. The quantitative estimate of drug-likeness (QED) is 0.660. The molecule has 2 N–H and O–H groups in total. The Kier molecular flexibility index (Phi) is 5.14. The number of anilines is 4. The number of nitriles is 1. The predicted molar refractivity (Wildman–Crippen MR) is 105 cm³/mol. The Balaban J connectivity index is 1.91. The summed E-state index contributed by atoms with van der Waals surface area (Å²) >= 11 is 0. The van der Waals surface area contributed by atoms with E-state index in [2.05, 4.69) is 46.6 Å². The number of para-hydroxylation sites is 2. The van der Waals surface area contributed by atoms with Gasteiger partial charge >= 0.3 is 0 Å². The molecule has 0 atom stereocenters. The lowest BCUT2D eigenvalue weighted by Crippen LogP contribution is -2.05. The van der Waals surface area contributed by atoms with Crippen LogP contribution in [0.2, 0.25) is 0 Å². The maximum atomic E-state index is 9.25. The summed E-state index contributed by atoms with van der Waals surface area (Å²) in [5.74, 6) is 1.56. The van der Waals surface area contributed by atoms with Crippen molar-refractivity contribution in [2.24, 2.45) is 0 Å². The third-order valence-electron chi connectivity index (χ3n) is 3.99. The molecule has 0 bridgehead atoms. The fourth-order valence-electron chi connectivity index (χ4n) is 2.75. The fourth-order valence-corrected chi connectivity index (χ4v) is 2.75. The van der Waals surface area contributed by atoms with Crippen LogP contribution >= 0.6 is 0 Å². The van der Waals surface area contributed by atoms with Gasteiger partial charge in [0, 0.05) is 17.4 Å². The highest BCUT2D eigenvalue weighted by Gasteiger charge is 2.09. The van der Waals surface area contributed by atoms with E-state index in [1.165, 1.54) is 5.56 Å². The van der Waals surface area contributed by atoms with Gasteiger partial charge in [-0.2, -0.15) is 10.2 Å². The SMILES string of the molecule is Cc1cc(Nc2ccccc2C#N)nc(Nc2ccccc2C(C)C)n1. The minimum Gasteiger partial charge on any atom is -0.339 e. The van der Waals surface area contributed by atoms with Gasteiger partial charge in [0.2, 0.25) is 5.95 Å². The Morgan fingerprint density at radius 3 is 2.35 bits per heavy atom. The summed E-state index contributed by atoms with van der Waals surface area (Å²) < 4.78 is 0. The topological polar surface area (TPSA) is 73.6 Å². The van der Waals surface area contributed by atoms with Gasteiger partial charge < -0.3 is 10.6 Å². The van der Waals surface area contributed by atoms with Crippen LogP contribution in [0.3, 0.4) is 0 Å². The van der Waals surface area contributed by atoms with Gasteiger partial charge in [-0.1, -0.05) is 44.2 Å². The Hall–Kier alpha value is -3.39. The van der Waals surface area contributed by atoms with Crippen molar-refractivity contribution in [3.63, 3.8) is 0 Å². The highest BCUT2D eigenvalue weighted by molar-refractivity contribution is 5.66. The van der Waals surface area contributed by atoms with Gasteiger partial charge in [0.05, 0.1) is 11.3 Å². The Bertz CT molecular complexity index is 957. The van der Waals surface area contributed by atoms with E-state index < -0.39 is 0 Å². The minimum atomic E-state index is 0.392. The molecule has 1 heterocycles. The lowest BCUT2D eigenvalue weighted by Gasteiger charge is -2.15. The smallest absolute Gasteiger partial charge is 0.229 e. The van der Waals surface area contributed by atoms with Gasteiger partial charge in [0.25, 0.3) is 0 Å². The number of hydrogen-bond acceptors (Lipinski definition) is 5. The number of rotatable bonds is 5. The lowest BCUT2D eigenvalue weighted by molar-refractivity contribution is 0.868. The average molecular weight is 343 g/mol. The van der Waals surface area contributed by atoms with Crippen LogP contribution in [0.15, 0.2) is 54.6 Å². The van der Waals surface area contributed by atoms with Gasteiger partial charge in [-0.05, 0) is 36.6 Å². The van der Waals surface area contributed by atoms with E-state index in [0.29, 0.717) is 23.2 Å². The maximum Gasteiger partial charge on any atom is 0.229 e. The standard InChI is InChI=1S/C21H21N5/c1-14(2)17-9-5-7-11-19(17)25-21-23-15(3)12-20(26-21)24-18-10-6-4-8-16(18)13-22/h4-12,14H,1-3H3,(H2,23,24,25,26). The molecule has 26 heavy (non-hydrogen) atoms. The first-order valence-corrected chi connectivity index (χ1v) is 8.54. The first-order valence-electron chi connectivity index (χ1n) is 8.54. The molecule has 0 unspecified atom stereocenters. The van der Waals surface area contributed by atoms with E-state index >= 15 is 0 Å². The van der Waals surface area contributed by atoms with Crippen molar-refractivity contribution in [3.8, 4) is 6.07 Å². The predicted octanol–water partition coefficient (Wildman–Crippen LogP) is 5.27. The molecular formula is C21H21N5. The van der Waals surface area contributed by atoms with Crippen molar-refractivity contribution in [2.45, 2.75) is 26.7 Å². The molecule has 5 nitrogen and oxygen atoms in total. The van der Waals surface area contributed by atoms with Crippen molar-refractivity contribution in [1.82, 2.24) is 9.97 Å². The van der Waals surface area contributed by atoms with Crippen LogP contribution < -0.4 is 10.6 Å². The van der Waals surface area contributed by atoms with E-state index in [-0.39, 0.29) is 0 Å². The van der Waals surface area contributed by atoms with Crippen LogP contribution in [-0.4, -0.2) is 9.97 Å². The molecule has 0 saturated heterocycles. The summed E-state index contributed by atoms with van der Waals surface area (Å²) in [5, 5.41) is 15.8. The summed E-state index contributed by atoms with van der Waals surface area (Å²) in [4.78, 5) is 9.04. The molecule has 0 spiro atoms. The maximum absolute atomic E-state index is 9.25. The molecule has 3 aromatic rings. The Morgan fingerprint density at radius 2 is 1.62 bits per heavy atom. The van der Waals surface area contributed by atoms with E-state index in [4.69, 9.17) is 0 Å². The van der Waals surface area contributed by atoms with Crippen molar-refractivity contribution in [1.29, 1.82) is 5.26 Å². The monoisotopic (exact) mass is 343 g/mol. The largest absolute Gasteiger partial charge is 0.339 e. The normalized spacial score (nSPS) is 10.4. The number of aromatic nitrogens is 2. The van der Waals surface area contributed by atoms with Crippen molar-refractivity contribution in [2.75, 3.05) is 10.6 Å². The molecule has 3 rings (SSSR count). The van der Waals surface area contributed by atoms with Gasteiger partial charge in [0.15, 0.2) is 0 Å². The Labute approximate surface area is 153 Å². The molecule has 1 aromatic heterocycles. The van der Waals surface area contributed by atoms with Crippen molar-refractivity contribution in [3.05, 3.63) is 71.4 Å². The molecule has 0 radical (unpaired) electrons. The molecule has 0 fully saturated rings. The number of nitrogens with one attached hydrogen (secondary N) is 2. The minimum absolute atomic E-state index is 0.392. The highest BCUT2D eigenvalue weighted by Crippen LogP contribution is 2.27. The Morgan fingerprint density at radius 1 is 0.923 bits per heavy atom. The van der Waals surface area contributed by atoms with Gasteiger partial charge in [0.1, 0.15) is 11.9 Å². The summed E-state index contributed by atoms with van der Waals surface area (Å²) in [5.41, 5.74) is 4.34. The first-order chi connectivity index (χ1) is 12.6. The van der Waals surface area contributed by atoms with Gasteiger partial charge in [-0.3, -0.25) is 0 Å². The zero-order valence-corrected chi connectivity index (χ0v) is 15.1. The third-order valence-corrected chi connectivity index (χ3v) is 3.99. The summed E-state index contributed by atoms with van der Waals surface area (Å²) in [6.07, 6.45) is 0. The van der Waals surface area contributed by atoms with E-state index in [1.807, 2.05) is 49.4 Å². The van der Waals surface area contributed by atoms with Crippen LogP contribution in [-0.2, 0) is 0 Å². The second-order valence-electron chi connectivity index (χ2n) is 6.37. The second-order valence-corrected chi connectivity index (χ2v) is 6.37. The fraction of sp³-hybridized carbons (Fsp3) is 0.190. The molecule has 0 aliphatic rings. The van der Waals surface area contributed by atoms with E-state index in [0.717, 1.165) is 17.1 Å². The summed E-state index contributed by atoms with van der Waals surface area (Å²) in [6, 6.07) is 19.5. The molecule has 0 aliphatic carbocycles. The molecular weight excluding hydrogens is 322 g/mol. The highest BCUT2D eigenvalue weighted by atomic mass is 15.1. The average Bonchev–Trinajstić information content (AvgIpc) is 2.62. The molecule has 0 saturated carbocycles. The number of aryl methyl sites for hydroxylation is 1. The molecule has 0 amide bonds. The van der Waals surface area contributed by atoms with Crippen LogP contribution in [0.25, 0.3) is 0 Å². The van der Waals surface area contributed by atoms with E-state index in [1.54, 1.807) is 6.07 Å². The van der Waals surface area contributed by atoms with Crippen LogP contribution in [0.1, 0.15) is 36.6 Å². The summed E-state index contributed by atoms with van der Waals surface area (Å²) in [6.45, 7) is 6.23. The zero-order chi connectivity index (χ0) is 18.5. The summed E-state index contributed by atoms with van der Waals surface area (Å²) in [7, 11) is 0. The number of hydrogen-bond donors (Lipinski definition) is 2. The molecule has 0 aliphatic heterocycles. The molecule has 5 heteroatoms. The van der Waals surface area contributed by atoms with Crippen molar-refractivity contribution >= 4 is 23.1 Å². The number of benzene rings is 2. The van der Waals surface area contributed by atoms with E-state index in [9.17, 15) is 5.26 Å². The van der Waals surface area contributed by atoms with Gasteiger partial charge in [-0.25, -0.2) is 4.98 Å². The third kappa shape index (κ3) is 3.98. The zero-order valence-electron chi connectivity index (χ0n) is 15.1.